The van der Waals surface area contributed by atoms with Gasteiger partial charge in [-0.05, 0) is 30.7 Å². The van der Waals surface area contributed by atoms with Gasteiger partial charge in [0.15, 0.2) is 0 Å². The van der Waals surface area contributed by atoms with Gasteiger partial charge in [-0.1, -0.05) is 51.1 Å². The summed E-state index contributed by atoms with van der Waals surface area (Å²) in [5.74, 6) is 0.219. The molecule has 1 aliphatic rings. The van der Waals surface area contributed by atoms with Gasteiger partial charge in [0.1, 0.15) is 0 Å². The van der Waals surface area contributed by atoms with Crippen molar-refractivity contribution >= 4 is 6.03 Å². The fourth-order valence-electron chi connectivity index (χ4n) is 3.50. The Morgan fingerprint density at radius 1 is 1.39 bits per heavy atom. The molecular formula is C19H30N2O2. The van der Waals surface area contributed by atoms with E-state index in [1.54, 1.807) is 0 Å². The van der Waals surface area contributed by atoms with Crippen molar-refractivity contribution < 1.29 is 9.90 Å². The molecule has 1 heterocycles. The number of carbonyl (C=O) groups excluding carboxylic acids is 1. The predicted molar refractivity (Wildman–Crippen MR) is 93.5 cm³/mol. The fraction of sp³-hybridized carbons (Fsp3) is 0.632. The molecule has 2 rings (SSSR count). The summed E-state index contributed by atoms with van der Waals surface area (Å²) >= 11 is 0. The first kappa shape index (κ1) is 17.8. The second-order valence-corrected chi connectivity index (χ2v) is 7.13. The summed E-state index contributed by atoms with van der Waals surface area (Å²) in [5, 5.41) is 12.6. The van der Waals surface area contributed by atoms with Crippen LogP contribution in [0.25, 0.3) is 0 Å². The SMILES string of the molecule is CCC(NC(=O)N1CCCC(CO)C1)C(C)(C)c1ccccc1. The maximum atomic E-state index is 12.6. The molecule has 0 bridgehead atoms. The molecule has 2 amide bonds. The van der Waals surface area contributed by atoms with Crippen LogP contribution >= 0.6 is 0 Å². The van der Waals surface area contributed by atoms with Gasteiger partial charge in [0.05, 0.1) is 0 Å². The molecule has 2 unspecified atom stereocenters. The van der Waals surface area contributed by atoms with Gasteiger partial charge in [-0.2, -0.15) is 0 Å². The Kier molecular flexibility index (Phi) is 6.05. The number of urea groups is 1. The van der Waals surface area contributed by atoms with Crippen LogP contribution in [-0.4, -0.2) is 41.8 Å². The molecule has 1 aromatic rings. The number of amides is 2. The van der Waals surface area contributed by atoms with Crippen LogP contribution in [0.5, 0.6) is 0 Å². The van der Waals surface area contributed by atoms with Crippen molar-refractivity contribution in [3.05, 3.63) is 35.9 Å². The van der Waals surface area contributed by atoms with E-state index >= 15 is 0 Å². The first-order chi connectivity index (χ1) is 11.0. The molecule has 0 aliphatic carbocycles. The quantitative estimate of drug-likeness (QED) is 0.876. The molecule has 1 aromatic carbocycles. The van der Waals surface area contributed by atoms with Gasteiger partial charge in [-0.3, -0.25) is 0 Å². The Balaban J connectivity index is 2.05. The van der Waals surface area contributed by atoms with Crippen LogP contribution in [0.3, 0.4) is 0 Å². The number of hydrogen-bond acceptors (Lipinski definition) is 2. The van der Waals surface area contributed by atoms with E-state index in [9.17, 15) is 9.90 Å². The van der Waals surface area contributed by atoms with E-state index in [2.05, 4.69) is 38.2 Å². The Hall–Kier alpha value is -1.55. The van der Waals surface area contributed by atoms with E-state index in [0.717, 1.165) is 25.8 Å². The predicted octanol–water partition coefficient (Wildman–Crippen LogP) is 3.16. The number of aliphatic hydroxyl groups excluding tert-OH is 1. The maximum Gasteiger partial charge on any atom is 0.317 e. The molecule has 2 N–H and O–H groups in total. The minimum atomic E-state index is -0.127. The van der Waals surface area contributed by atoms with Crippen molar-refractivity contribution in [2.45, 2.75) is 51.5 Å². The van der Waals surface area contributed by atoms with Crippen LogP contribution < -0.4 is 5.32 Å². The Labute approximate surface area is 139 Å². The molecule has 1 aliphatic heterocycles. The summed E-state index contributed by atoms with van der Waals surface area (Å²) in [5.41, 5.74) is 1.11. The summed E-state index contributed by atoms with van der Waals surface area (Å²) in [6.45, 7) is 8.08. The highest BCUT2D eigenvalue weighted by molar-refractivity contribution is 5.75. The van der Waals surface area contributed by atoms with Gasteiger partial charge in [0, 0.05) is 31.2 Å². The van der Waals surface area contributed by atoms with Gasteiger partial charge in [-0.15, -0.1) is 0 Å². The maximum absolute atomic E-state index is 12.6. The number of nitrogens with zero attached hydrogens (tertiary/aromatic N) is 1. The summed E-state index contributed by atoms with van der Waals surface area (Å²) in [4.78, 5) is 14.5. The van der Waals surface area contributed by atoms with E-state index < -0.39 is 0 Å². The number of carbonyl (C=O) groups is 1. The van der Waals surface area contributed by atoms with Crippen molar-refractivity contribution in [2.75, 3.05) is 19.7 Å². The molecule has 1 saturated heterocycles. The topological polar surface area (TPSA) is 52.6 Å². The molecule has 0 radical (unpaired) electrons. The summed E-state index contributed by atoms with van der Waals surface area (Å²) in [6.07, 6.45) is 2.86. The van der Waals surface area contributed by atoms with Crippen LogP contribution in [0.2, 0.25) is 0 Å². The monoisotopic (exact) mass is 318 g/mol. The van der Waals surface area contributed by atoms with E-state index in [1.165, 1.54) is 5.56 Å². The molecule has 0 spiro atoms. The zero-order valence-electron chi connectivity index (χ0n) is 14.6. The standard InChI is InChI=1S/C19H30N2O2/c1-4-17(19(2,3)16-10-6-5-7-11-16)20-18(23)21-12-8-9-15(13-21)14-22/h5-7,10-11,15,17,22H,4,8-9,12-14H2,1-3H3,(H,20,23). The van der Waals surface area contributed by atoms with Gasteiger partial charge >= 0.3 is 6.03 Å². The van der Waals surface area contributed by atoms with Crippen LogP contribution in [0, 0.1) is 5.92 Å². The van der Waals surface area contributed by atoms with Crippen LogP contribution in [0.1, 0.15) is 45.6 Å². The highest BCUT2D eigenvalue weighted by atomic mass is 16.3. The fourth-order valence-corrected chi connectivity index (χ4v) is 3.50. The van der Waals surface area contributed by atoms with Gasteiger partial charge < -0.3 is 15.3 Å². The Morgan fingerprint density at radius 3 is 2.70 bits per heavy atom. The third-order valence-electron chi connectivity index (χ3n) is 5.16. The molecule has 0 aromatic heterocycles. The zero-order valence-corrected chi connectivity index (χ0v) is 14.6. The van der Waals surface area contributed by atoms with Crippen LogP contribution in [0.15, 0.2) is 30.3 Å². The van der Waals surface area contributed by atoms with Gasteiger partial charge in [0.2, 0.25) is 0 Å². The smallest absolute Gasteiger partial charge is 0.317 e. The van der Waals surface area contributed by atoms with Crippen LogP contribution in [-0.2, 0) is 5.41 Å². The third-order valence-corrected chi connectivity index (χ3v) is 5.16. The average molecular weight is 318 g/mol. The summed E-state index contributed by atoms with van der Waals surface area (Å²) < 4.78 is 0. The van der Waals surface area contributed by atoms with E-state index in [-0.39, 0.29) is 30.0 Å². The lowest BCUT2D eigenvalue weighted by molar-refractivity contribution is 0.125. The lowest BCUT2D eigenvalue weighted by Gasteiger charge is -2.38. The van der Waals surface area contributed by atoms with E-state index in [1.807, 2.05) is 23.1 Å². The van der Waals surface area contributed by atoms with Crippen LogP contribution in [0.4, 0.5) is 4.79 Å². The molecule has 23 heavy (non-hydrogen) atoms. The molecule has 128 valence electrons. The lowest BCUT2D eigenvalue weighted by atomic mass is 9.76. The molecule has 4 heteroatoms. The number of aliphatic hydroxyl groups is 1. The number of hydrogen-bond donors (Lipinski definition) is 2. The molecule has 4 nitrogen and oxygen atoms in total. The van der Waals surface area contributed by atoms with E-state index in [0.29, 0.717) is 6.54 Å². The van der Waals surface area contributed by atoms with Crippen molar-refractivity contribution in [3.8, 4) is 0 Å². The molecule has 0 saturated carbocycles. The molecule has 1 fully saturated rings. The van der Waals surface area contributed by atoms with Crippen molar-refractivity contribution in [2.24, 2.45) is 5.92 Å². The second-order valence-electron chi connectivity index (χ2n) is 7.13. The number of nitrogens with one attached hydrogen (secondary N) is 1. The number of piperidine rings is 1. The minimum absolute atomic E-state index is 0.000920. The minimum Gasteiger partial charge on any atom is -0.396 e. The first-order valence-corrected chi connectivity index (χ1v) is 8.70. The average Bonchev–Trinajstić information content (AvgIpc) is 2.60. The highest BCUT2D eigenvalue weighted by Gasteiger charge is 2.33. The Morgan fingerprint density at radius 2 is 2.09 bits per heavy atom. The van der Waals surface area contributed by atoms with Crippen molar-refractivity contribution in [1.29, 1.82) is 0 Å². The molecular weight excluding hydrogens is 288 g/mol. The largest absolute Gasteiger partial charge is 0.396 e. The summed E-state index contributed by atoms with van der Waals surface area (Å²) in [6, 6.07) is 10.4. The van der Waals surface area contributed by atoms with Crippen molar-refractivity contribution in [3.63, 3.8) is 0 Å². The third kappa shape index (κ3) is 4.25. The Bertz CT molecular complexity index is 501. The van der Waals surface area contributed by atoms with Gasteiger partial charge in [0.25, 0.3) is 0 Å². The van der Waals surface area contributed by atoms with Crippen molar-refractivity contribution in [1.82, 2.24) is 10.2 Å². The zero-order chi connectivity index (χ0) is 16.9. The first-order valence-electron chi connectivity index (χ1n) is 8.70. The second kappa shape index (κ2) is 7.82. The normalized spacial score (nSPS) is 20.2. The number of rotatable bonds is 5. The van der Waals surface area contributed by atoms with Gasteiger partial charge in [-0.25, -0.2) is 4.79 Å². The lowest BCUT2D eigenvalue weighted by Crippen LogP contribution is -2.53. The molecule has 2 atom stereocenters. The number of likely N-dealkylation sites (tertiary alicyclic amines) is 1. The number of benzene rings is 1. The highest BCUT2D eigenvalue weighted by Crippen LogP contribution is 2.29. The van der Waals surface area contributed by atoms with E-state index in [4.69, 9.17) is 0 Å². The summed E-state index contributed by atoms with van der Waals surface area (Å²) in [7, 11) is 0.